The van der Waals surface area contributed by atoms with Crippen LogP contribution in [0.15, 0.2) is 24.3 Å². The van der Waals surface area contributed by atoms with Gasteiger partial charge in [0, 0.05) is 6.61 Å². The van der Waals surface area contributed by atoms with E-state index in [-0.39, 0.29) is 0 Å². The third-order valence-electron chi connectivity index (χ3n) is 2.13. The molecule has 2 heteroatoms. The second-order valence-corrected chi connectivity index (χ2v) is 3.80. The number of hydrogen-bond acceptors (Lipinski definition) is 1. The van der Waals surface area contributed by atoms with Crippen molar-refractivity contribution in [3.63, 3.8) is 0 Å². The van der Waals surface area contributed by atoms with Gasteiger partial charge in [0.25, 0.3) is 0 Å². The van der Waals surface area contributed by atoms with E-state index < -0.39 is 0 Å². The van der Waals surface area contributed by atoms with Crippen LogP contribution in [0.5, 0.6) is 0 Å². The molecule has 0 aliphatic rings. The van der Waals surface area contributed by atoms with Gasteiger partial charge >= 0.3 is 0 Å². The molecule has 0 spiro atoms. The summed E-state index contributed by atoms with van der Waals surface area (Å²) in [6.45, 7) is 11.7. The molecule has 0 aliphatic carbocycles. The molecular weight excluding hydrogens is 186 g/mol. The van der Waals surface area contributed by atoms with Crippen LogP contribution in [0.2, 0.25) is 0 Å². The molecule has 0 saturated carbocycles. The molecule has 0 amide bonds. The summed E-state index contributed by atoms with van der Waals surface area (Å²) < 4.78 is 5.46. The molecule has 0 aromatic heterocycles. The van der Waals surface area contributed by atoms with Gasteiger partial charge in [-0.05, 0) is 26.7 Å². The van der Waals surface area contributed by atoms with E-state index >= 15 is 0 Å². The minimum Gasteiger partial charge on any atom is -0.379 e. The lowest BCUT2D eigenvalue weighted by atomic mass is 10.1. The molecule has 0 bridgehead atoms. The van der Waals surface area contributed by atoms with Gasteiger partial charge in [-0.25, -0.2) is 4.85 Å². The van der Waals surface area contributed by atoms with Crippen LogP contribution in [-0.4, -0.2) is 12.7 Å². The lowest BCUT2D eigenvalue weighted by Gasteiger charge is -2.07. The van der Waals surface area contributed by atoms with E-state index in [1.165, 1.54) is 5.56 Å². The number of nitrogens with zero attached hydrogens (tertiary/aromatic N) is 1. The van der Waals surface area contributed by atoms with Crippen LogP contribution in [0.1, 0.15) is 25.8 Å². The lowest BCUT2D eigenvalue weighted by molar-refractivity contribution is 0.0772. The van der Waals surface area contributed by atoms with E-state index in [4.69, 9.17) is 11.3 Å². The lowest BCUT2D eigenvalue weighted by Crippen LogP contribution is -2.04. The maximum atomic E-state index is 6.83. The predicted molar refractivity (Wildman–Crippen MR) is 62.1 cm³/mol. The van der Waals surface area contributed by atoms with Gasteiger partial charge in [0.15, 0.2) is 5.69 Å². The molecular formula is C13H17NO. The summed E-state index contributed by atoms with van der Waals surface area (Å²) >= 11 is 0. The zero-order valence-electron chi connectivity index (χ0n) is 9.36. The first kappa shape index (κ1) is 11.7. The van der Waals surface area contributed by atoms with Crippen molar-refractivity contribution in [3.8, 4) is 0 Å². The standard InChI is InChI=1S/C13H17NO/c1-11(2)15-10-4-5-12-6-8-13(14-3)9-7-12/h6-9,11H,4-5,10H2,1-2H3. The van der Waals surface area contributed by atoms with Gasteiger partial charge < -0.3 is 4.74 Å². The van der Waals surface area contributed by atoms with Crippen molar-refractivity contribution in [2.45, 2.75) is 32.8 Å². The highest BCUT2D eigenvalue weighted by molar-refractivity contribution is 5.45. The normalized spacial score (nSPS) is 10.3. The summed E-state index contributed by atoms with van der Waals surface area (Å²) in [5.41, 5.74) is 1.98. The van der Waals surface area contributed by atoms with Gasteiger partial charge in [0.1, 0.15) is 0 Å². The number of benzene rings is 1. The highest BCUT2D eigenvalue weighted by atomic mass is 16.5. The van der Waals surface area contributed by atoms with Crippen LogP contribution in [-0.2, 0) is 11.2 Å². The van der Waals surface area contributed by atoms with Crippen LogP contribution in [0, 0.1) is 6.57 Å². The number of rotatable bonds is 5. The van der Waals surface area contributed by atoms with Crippen LogP contribution >= 0.6 is 0 Å². The third kappa shape index (κ3) is 4.62. The van der Waals surface area contributed by atoms with Crippen molar-refractivity contribution in [2.24, 2.45) is 0 Å². The topological polar surface area (TPSA) is 13.6 Å². The van der Waals surface area contributed by atoms with Crippen molar-refractivity contribution in [1.82, 2.24) is 0 Å². The van der Waals surface area contributed by atoms with Crippen molar-refractivity contribution in [3.05, 3.63) is 41.2 Å². The largest absolute Gasteiger partial charge is 0.379 e. The molecule has 0 aliphatic heterocycles. The molecule has 0 saturated heterocycles. The van der Waals surface area contributed by atoms with Crippen molar-refractivity contribution in [2.75, 3.05) is 6.61 Å². The van der Waals surface area contributed by atoms with Gasteiger partial charge in [0.05, 0.1) is 12.7 Å². The summed E-state index contributed by atoms with van der Waals surface area (Å²) in [6, 6.07) is 7.77. The zero-order chi connectivity index (χ0) is 11.1. The number of aryl methyl sites for hydroxylation is 1. The van der Waals surface area contributed by atoms with Gasteiger partial charge in [-0.2, -0.15) is 0 Å². The number of ether oxygens (including phenoxy) is 1. The minimum atomic E-state index is 0.314. The van der Waals surface area contributed by atoms with Crippen molar-refractivity contribution >= 4 is 5.69 Å². The molecule has 0 unspecified atom stereocenters. The smallest absolute Gasteiger partial charge is 0.187 e. The SMILES string of the molecule is [C-]#[N+]c1ccc(CCCOC(C)C)cc1. The highest BCUT2D eigenvalue weighted by Crippen LogP contribution is 2.13. The molecule has 1 rings (SSSR count). The average Bonchev–Trinajstić information content (AvgIpc) is 2.25. The molecule has 0 fully saturated rings. The van der Waals surface area contributed by atoms with E-state index in [0.717, 1.165) is 19.4 Å². The van der Waals surface area contributed by atoms with Gasteiger partial charge in [-0.1, -0.05) is 29.8 Å². The fraction of sp³-hybridized carbons (Fsp3) is 0.462. The van der Waals surface area contributed by atoms with Crippen LogP contribution < -0.4 is 0 Å². The Morgan fingerprint density at radius 1 is 1.27 bits per heavy atom. The minimum absolute atomic E-state index is 0.314. The fourth-order valence-corrected chi connectivity index (χ4v) is 1.33. The Morgan fingerprint density at radius 3 is 2.47 bits per heavy atom. The van der Waals surface area contributed by atoms with E-state index in [1.807, 2.05) is 38.1 Å². The molecule has 1 aromatic rings. The Morgan fingerprint density at radius 2 is 1.93 bits per heavy atom. The predicted octanol–water partition coefficient (Wildman–Crippen LogP) is 3.59. The summed E-state index contributed by atoms with van der Waals surface area (Å²) in [4.78, 5) is 3.36. The Kier molecular flexibility index (Phi) is 4.86. The van der Waals surface area contributed by atoms with E-state index in [9.17, 15) is 0 Å². The Labute approximate surface area is 91.7 Å². The molecule has 1 aromatic carbocycles. The van der Waals surface area contributed by atoms with Crippen molar-refractivity contribution in [1.29, 1.82) is 0 Å². The first-order chi connectivity index (χ1) is 7.22. The Hall–Kier alpha value is -1.33. The van der Waals surface area contributed by atoms with E-state index in [2.05, 4.69) is 4.85 Å². The molecule has 0 N–H and O–H groups in total. The van der Waals surface area contributed by atoms with Crippen LogP contribution in [0.3, 0.4) is 0 Å². The second kappa shape index (κ2) is 6.21. The van der Waals surface area contributed by atoms with Crippen LogP contribution in [0.4, 0.5) is 5.69 Å². The third-order valence-corrected chi connectivity index (χ3v) is 2.13. The summed E-state index contributed by atoms with van der Waals surface area (Å²) in [5.74, 6) is 0. The summed E-state index contributed by atoms with van der Waals surface area (Å²) in [7, 11) is 0. The quantitative estimate of drug-likeness (QED) is 0.526. The summed E-state index contributed by atoms with van der Waals surface area (Å²) in [6.07, 6.45) is 2.37. The molecule has 0 radical (unpaired) electrons. The second-order valence-electron chi connectivity index (χ2n) is 3.80. The molecule has 15 heavy (non-hydrogen) atoms. The van der Waals surface area contributed by atoms with E-state index in [0.29, 0.717) is 11.8 Å². The van der Waals surface area contributed by atoms with Crippen molar-refractivity contribution < 1.29 is 4.74 Å². The maximum absolute atomic E-state index is 6.83. The first-order valence-electron chi connectivity index (χ1n) is 5.30. The maximum Gasteiger partial charge on any atom is 0.187 e. The van der Waals surface area contributed by atoms with Gasteiger partial charge in [0.2, 0.25) is 0 Å². The zero-order valence-corrected chi connectivity index (χ0v) is 9.36. The monoisotopic (exact) mass is 203 g/mol. The molecule has 2 nitrogen and oxygen atoms in total. The average molecular weight is 203 g/mol. The first-order valence-corrected chi connectivity index (χ1v) is 5.30. The summed E-state index contributed by atoms with van der Waals surface area (Å²) in [5, 5.41) is 0. The van der Waals surface area contributed by atoms with Gasteiger partial charge in [-0.3, -0.25) is 0 Å². The van der Waals surface area contributed by atoms with Crippen LogP contribution in [0.25, 0.3) is 4.85 Å². The van der Waals surface area contributed by atoms with Gasteiger partial charge in [-0.15, -0.1) is 0 Å². The fourth-order valence-electron chi connectivity index (χ4n) is 1.33. The highest BCUT2D eigenvalue weighted by Gasteiger charge is 1.96. The Bertz CT molecular complexity index is 321. The number of hydrogen-bond donors (Lipinski definition) is 0. The molecule has 80 valence electrons. The van der Waals surface area contributed by atoms with E-state index in [1.54, 1.807) is 0 Å². The molecule has 0 heterocycles. The molecule has 0 atom stereocenters. The Balaban J connectivity index is 2.29.